The first-order valence-electron chi connectivity index (χ1n) is 7.68. The van der Waals surface area contributed by atoms with Crippen molar-refractivity contribution in [3.63, 3.8) is 0 Å². The number of benzene rings is 2. The zero-order valence-corrected chi connectivity index (χ0v) is 12.2. The lowest BCUT2D eigenvalue weighted by atomic mass is 10.1. The number of amides is 1. The van der Waals surface area contributed by atoms with Crippen molar-refractivity contribution in [2.75, 3.05) is 19.8 Å². The Morgan fingerprint density at radius 2 is 1.95 bits per heavy atom. The van der Waals surface area contributed by atoms with Crippen molar-refractivity contribution in [3.8, 4) is 0 Å². The van der Waals surface area contributed by atoms with E-state index in [1.807, 2.05) is 42.5 Å². The molecule has 0 atom stereocenters. The molecule has 0 aromatic heterocycles. The second-order valence-corrected chi connectivity index (χ2v) is 5.69. The number of carbonyl (C=O) groups excluding carboxylic acids is 1. The fourth-order valence-electron chi connectivity index (χ4n) is 2.34. The fraction of sp³-hybridized carbons (Fsp3) is 0.389. The lowest BCUT2D eigenvalue weighted by molar-refractivity contribution is 0.0937. The summed E-state index contributed by atoms with van der Waals surface area (Å²) in [5, 5.41) is 5.20. The van der Waals surface area contributed by atoms with Crippen molar-refractivity contribution < 1.29 is 9.53 Å². The molecule has 2 aromatic carbocycles. The van der Waals surface area contributed by atoms with E-state index >= 15 is 0 Å². The summed E-state index contributed by atoms with van der Waals surface area (Å²) in [6.45, 7) is 2.28. The van der Waals surface area contributed by atoms with Crippen LogP contribution in [0.25, 0.3) is 10.8 Å². The number of carbonyl (C=O) groups is 1. The van der Waals surface area contributed by atoms with Crippen LogP contribution in [0.4, 0.5) is 0 Å². The highest BCUT2D eigenvalue weighted by atomic mass is 16.5. The summed E-state index contributed by atoms with van der Waals surface area (Å²) in [6.07, 6.45) is 3.50. The van der Waals surface area contributed by atoms with Crippen molar-refractivity contribution in [1.82, 2.24) is 5.32 Å². The quantitative estimate of drug-likeness (QED) is 0.791. The smallest absolute Gasteiger partial charge is 0.251 e. The largest absolute Gasteiger partial charge is 0.381 e. The Hall–Kier alpha value is -1.87. The minimum Gasteiger partial charge on any atom is -0.381 e. The first kappa shape index (κ1) is 14.1. The second-order valence-electron chi connectivity index (χ2n) is 5.69. The van der Waals surface area contributed by atoms with Crippen LogP contribution in [0.5, 0.6) is 0 Å². The van der Waals surface area contributed by atoms with Gasteiger partial charge in [0, 0.05) is 25.3 Å². The van der Waals surface area contributed by atoms with Gasteiger partial charge in [-0.25, -0.2) is 0 Å². The zero-order valence-electron chi connectivity index (χ0n) is 12.2. The Morgan fingerprint density at radius 1 is 1.14 bits per heavy atom. The predicted molar refractivity (Wildman–Crippen MR) is 84.4 cm³/mol. The lowest BCUT2D eigenvalue weighted by Crippen LogP contribution is -2.25. The molecule has 1 N–H and O–H groups in total. The monoisotopic (exact) mass is 283 g/mol. The van der Waals surface area contributed by atoms with Crippen molar-refractivity contribution in [2.24, 2.45) is 5.92 Å². The second kappa shape index (κ2) is 6.72. The summed E-state index contributed by atoms with van der Waals surface area (Å²) in [6, 6.07) is 13.9. The molecule has 1 fully saturated rings. The van der Waals surface area contributed by atoms with E-state index in [2.05, 4.69) is 5.32 Å². The Bertz CT molecular complexity index is 619. The van der Waals surface area contributed by atoms with Crippen LogP contribution in [0.15, 0.2) is 42.5 Å². The van der Waals surface area contributed by atoms with Gasteiger partial charge in [-0.15, -0.1) is 0 Å². The van der Waals surface area contributed by atoms with Crippen LogP contribution in [0, 0.1) is 5.92 Å². The van der Waals surface area contributed by atoms with Gasteiger partial charge in [-0.3, -0.25) is 4.79 Å². The molecule has 0 bridgehead atoms. The average molecular weight is 283 g/mol. The molecule has 1 amide bonds. The van der Waals surface area contributed by atoms with Crippen LogP contribution in [0.1, 0.15) is 29.6 Å². The summed E-state index contributed by atoms with van der Waals surface area (Å²) in [7, 11) is 0. The molecule has 3 nitrogen and oxygen atoms in total. The van der Waals surface area contributed by atoms with Gasteiger partial charge in [0.25, 0.3) is 5.91 Å². The Kier molecular flexibility index (Phi) is 4.51. The summed E-state index contributed by atoms with van der Waals surface area (Å²) in [5.74, 6) is 0.792. The van der Waals surface area contributed by atoms with E-state index < -0.39 is 0 Å². The molecular weight excluding hydrogens is 262 g/mol. The standard InChI is InChI=1S/C18H21NO2/c20-18(19-10-3-11-21-13-14-6-7-14)17-9-8-15-4-1-2-5-16(15)12-17/h1-2,4-5,8-9,12,14H,3,6-7,10-11,13H2,(H,19,20). The number of ether oxygens (including phenoxy) is 1. The number of nitrogens with one attached hydrogen (secondary N) is 1. The molecular formula is C18H21NO2. The van der Waals surface area contributed by atoms with E-state index in [0.29, 0.717) is 12.1 Å². The SMILES string of the molecule is O=C(NCCCOCC1CC1)c1ccc2ccccc2c1. The van der Waals surface area contributed by atoms with Gasteiger partial charge in [0.1, 0.15) is 0 Å². The van der Waals surface area contributed by atoms with E-state index in [1.165, 1.54) is 12.8 Å². The number of fused-ring (bicyclic) bond motifs is 1. The van der Waals surface area contributed by atoms with Gasteiger partial charge in [0.15, 0.2) is 0 Å². The molecule has 21 heavy (non-hydrogen) atoms. The van der Waals surface area contributed by atoms with Crippen LogP contribution in [-0.2, 0) is 4.74 Å². The molecule has 110 valence electrons. The van der Waals surface area contributed by atoms with Crippen molar-refractivity contribution in [3.05, 3.63) is 48.0 Å². The van der Waals surface area contributed by atoms with Gasteiger partial charge in [-0.2, -0.15) is 0 Å². The molecule has 0 unspecified atom stereocenters. The molecule has 0 radical (unpaired) electrons. The van der Waals surface area contributed by atoms with Gasteiger partial charge in [-0.05, 0) is 48.1 Å². The molecule has 1 aliphatic carbocycles. The van der Waals surface area contributed by atoms with E-state index in [-0.39, 0.29) is 5.91 Å². The number of hydrogen-bond acceptors (Lipinski definition) is 2. The Labute approximate surface area is 125 Å². The topological polar surface area (TPSA) is 38.3 Å². The van der Waals surface area contributed by atoms with E-state index in [4.69, 9.17) is 4.74 Å². The summed E-state index contributed by atoms with van der Waals surface area (Å²) in [5.41, 5.74) is 0.715. The molecule has 3 rings (SSSR count). The zero-order chi connectivity index (χ0) is 14.5. The fourth-order valence-corrected chi connectivity index (χ4v) is 2.34. The molecule has 0 heterocycles. The predicted octanol–water partition coefficient (Wildman–Crippen LogP) is 3.39. The van der Waals surface area contributed by atoms with Crippen molar-refractivity contribution in [1.29, 1.82) is 0 Å². The molecule has 0 aliphatic heterocycles. The van der Waals surface area contributed by atoms with Gasteiger partial charge in [-0.1, -0.05) is 30.3 Å². The van der Waals surface area contributed by atoms with E-state index in [1.54, 1.807) is 0 Å². The third kappa shape index (κ3) is 4.05. The maximum atomic E-state index is 12.1. The molecule has 1 aliphatic rings. The van der Waals surface area contributed by atoms with Crippen LogP contribution in [0.3, 0.4) is 0 Å². The van der Waals surface area contributed by atoms with Crippen molar-refractivity contribution in [2.45, 2.75) is 19.3 Å². The molecule has 0 saturated heterocycles. The summed E-state index contributed by atoms with van der Waals surface area (Å²) >= 11 is 0. The molecule has 0 spiro atoms. The van der Waals surface area contributed by atoms with Gasteiger partial charge in [0.05, 0.1) is 0 Å². The van der Waals surface area contributed by atoms with E-state index in [9.17, 15) is 4.79 Å². The summed E-state index contributed by atoms with van der Waals surface area (Å²) < 4.78 is 5.55. The van der Waals surface area contributed by atoms with Gasteiger partial charge < -0.3 is 10.1 Å². The third-order valence-corrected chi connectivity index (χ3v) is 3.81. The minimum absolute atomic E-state index is 0.0112. The van der Waals surface area contributed by atoms with Gasteiger partial charge >= 0.3 is 0 Å². The van der Waals surface area contributed by atoms with Crippen LogP contribution >= 0.6 is 0 Å². The van der Waals surface area contributed by atoms with Crippen molar-refractivity contribution >= 4 is 16.7 Å². The average Bonchev–Trinajstić information content (AvgIpc) is 3.34. The van der Waals surface area contributed by atoms with Crippen LogP contribution < -0.4 is 5.32 Å². The first-order valence-corrected chi connectivity index (χ1v) is 7.68. The highest BCUT2D eigenvalue weighted by Crippen LogP contribution is 2.28. The molecule has 3 heteroatoms. The maximum absolute atomic E-state index is 12.1. The summed E-state index contributed by atoms with van der Waals surface area (Å²) in [4.78, 5) is 12.1. The van der Waals surface area contributed by atoms with Crippen LogP contribution in [-0.4, -0.2) is 25.7 Å². The highest BCUT2D eigenvalue weighted by molar-refractivity contribution is 5.98. The number of rotatable bonds is 7. The first-order chi connectivity index (χ1) is 10.3. The van der Waals surface area contributed by atoms with E-state index in [0.717, 1.165) is 36.3 Å². The minimum atomic E-state index is -0.0112. The van der Waals surface area contributed by atoms with Crippen LogP contribution in [0.2, 0.25) is 0 Å². The molecule has 1 saturated carbocycles. The number of hydrogen-bond donors (Lipinski definition) is 1. The third-order valence-electron chi connectivity index (χ3n) is 3.81. The Balaban J connectivity index is 1.44. The molecule has 2 aromatic rings. The Morgan fingerprint density at radius 3 is 2.76 bits per heavy atom. The normalized spacial score (nSPS) is 14.3. The lowest BCUT2D eigenvalue weighted by Gasteiger charge is -2.07. The van der Waals surface area contributed by atoms with Gasteiger partial charge in [0.2, 0.25) is 0 Å². The maximum Gasteiger partial charge on any atom is 0.251 e. The highest BCUT2D eigenvalue weighted by Gasteiger charge is 2.20.